The van der Waals surface area contributed by atoms with Gasteiger partial charge < -0.3 is 9.84 Å². The van der Waals surface area contributed by atoms with Crippen molar-refractivity contribution in [2.75, 3.05) is 0 Å². The van der Waals surface area contributed by atoms with E-state index in [4.69, 9.17) is 4.74 Å². The van der Waals surface area contributed by atoms with Crippen LogP contribution in [0.4, 0.5) is 0 Å². The van der Waals surface area contributed by atoms with Crippen molar-refractivity contribution in [3.05, 3.63) is 48.3 Å². The van der Waals surface area contributed by atoms with Crippen LogP contribution >= 0.6 is 0 Å². The van der Waals surface area contributed by atoms with Crippen LogP contribution in [0, 0.1) is 0 Å². The van der Waals surface area contributed by atoms with E-state index in [2.05, 4.69) is 6.08 Å². The molecule has 14 heavy (non-hydrogen) atoms. The predicted octanol–water partition coefficient (Wildman–Crippen LogP) is 3.00. The van der Waals surface area contributed by atoms with Gasteiger partial charge in [0.05, 0.1) is 0 Å². The largest absolute Gasteiger partial charge is 0.508 e. The molecule has 1 aromatic carbocycles. The molecule has 0 aliphatic heterocycles. The summed E-state index contributed by atoms with van der Waals surface area (Å²) in [6.07, 6.45) is 8.17. The maximum atomic E-state index is 9.23. The van der Waals surface area contributed by atoms with Gasteiger partial charge >= 0.3 is 0 Å². The molecule has 0 amide bonds. The van der Waals surface area contributed by atoms with Crippen molar-refractivity contribution in [1.82, 2.24) is 0 Å². The lowest BCUT2D eigenvalue weighted by Gasteiger charge is -2.09. The highest BCUT2D eigenvalue weighted by atomic mass is 16.5. The average molecular weight is 188 g/mol. The first-order valence-electron chi connectivity index (χ1n) is 4.68. The van der Waals surface area contributed by atoms with Crippen LogP contribution in [0.2, 0.25) is 0 Å². The molecule has 0 aromatic heterocycles. The molecule has 2 heteroatoms. The summed E-state index contributed by atoms with van der Waals surface area (Å²) >= 11 is 0. The fourth-order valence-corrected chi connectivity index (χ4v) is 1.35. The van der Waals surface area contributed by atoms with E-state index in [0.29, 0.717) is 5.75 Å². The molecule has 0 atom stereocenters. The summed E-state index contributed by atoms with van der Waals surface area (Å²) in [5.41, 5.74) is 0. The topological polar surface area (TPSA) is 29.5 Å². The Morgan fingerprint density at radius 2 is 2.14 bits per heavy atom. The summed E-state index contributed by atoms with van der Waals surface area (Å²) in [5, 5.41) is 9.23. The van der Waals surface area contributed by atoms with Gasteiger partial charge in [0.1, 0.15) is 17.3 Å². The van der Waals surface area contributed by atoms with Crippen LogP contribution in [0.25, 0.3) is 0 Å². The fraction of sp³-hybridized carbons (Fsp3) is 0.167. The molecule has 0 radical (unpaired) electrons. The molecule has 0 saturated heterocycles. The Balaban J connectivity index is 2.10. The Kier molecular flexibility index (Phi) is 2.54. The molecular weight excluding hydrogens is 176 g/mol. The summed E-state index contributed by atoms with van der Waals surface area (Å²) in [6, 6.07) is 6.81. The van der Waals surface area contributed by atoms with Gasteiger partial charge in [-0.3, -0.25) is 0 Å². The second-order valence-electron chi connectivity index (χ2n) is 3.19. The number of hydrogen-bond acceptors (Lipinski definition) is 2. The zero-order valence-electron chi connectivity index (χ0n) is 7.81. The van der Waals surface area contributed by atoms with Crippen molar-refractivity contribution in [1.29, 1.82) is 0 Å². The van der Waals surface area contributed by atoms with Crippen LogP contribution in [0.1, 0.15) is 12.8 Å². The Morgan fingerprint density at radius 1 is 1.21 bits per heavy atom. The Hall–Kier alpha value is -1.70. The van der Waals surface area contributed by atoms with Crippen molar-refractivity contribution < 1.29 is 9.84 Å². The molecule has 0 saturated carbocycles. The van der Waals surface area contributed by atoms with Crippen molar-refractivity contribution in [2.24, 2.45) is 0 Å². The third-order valence-corrected chi connectivity index (χ3v) is 2.01. The summed E-state index contributed by atoms with van der Waals surface area (Å²) in [6.45, 7) is 0. The van der Waals surface area contributed by atoms with E-state index in [9.17, 15) is 5.11 Å². The minimum absolute atomic E-state index is 0.225. The van der Waals surface area contributed by atoms with Gasteiger partial charge in [0.15, 0.2) is 0 Å². The molecule has 2 rings (SSSR count). The van der Waals surface area contributed by atoms with Crippen molar-refractivity contribution >= 4 is 0 Å². The smallest absolute Gasteiger partial charge is 0.131 e. The van der Waals surface area contributed by atoms with Crippen molar-refractivity contribution in [3.63, 3.8) is 0 Å². The van der Waals surface area contributed by atoms with Crippen molar-refractivity contribution in [3.8, 4) is 11.5 Å². The molecule has 0 heterocycles. The van der Waals surface area contributed by atoms with Crippen molar-refractivity contribution in [2.45, 2.75) is 12.8 Å². The molecule has 0 spiro atoms. The average Bonchev–Trinajstić information content (AvgIpc) is 2.19. The second-order valence-corrected chi connectivity index (χ2v) is 3.19. The first-order valence-corrected chi connectivity index (χ1v) is 4.68. The van der Waals surface area contributed by atoms with E-state index in [-0.39, 0.29) is 5.75 Å². The Bertz CT molecular complexity index is 378. The predicted molar refractivity (Wildman–Crippen MR) is 55.2 cm³/mol. The number of phenolic OH excluding ortho intramolecular Hbond substituents is 1. The number of ether oxygens (including phenoxy) is 1. The van der Waals surface area contributed by atoms with Gasteiger partial charge in [-0.1, -0.05) is 12.1 Å². The minimum atomic E-state index is 0.225. The normalized spacial score (nSPS) is 15.0. The summed E-state index contributed by atoms with van der Waals surface area (Å²) in [5.74, 6) is 1.74. The Morgan fingerprint density at radius 3 is 2.86 bits per heavy atom. The number of hydrogen-bond donors (Lipinski definition) is 1. The quantitative estimate of drug-likeness (QED) is 0.773. The van der Waals surface area contributed by atoms with Gasteiger partial charge in [-0.25, -0.2) is 0 Å². The van der Waals surface area contributed by atoms with Crippen LogP contribution in [-0.2, 0) is 0 Å². The molecule has 0 bridgehead atoms. The van der Waals surface area contributed by atoms with Crippen LogP contribution < -0.4 is 4.74 Å². The number of phenols is 1. The second kappa shape index (κ2) is 4.01. The highest BCUT2D eigenvalue weighted by Crippen LogP contribution is 2.21. The maximum Gasteiger partial charge on any atom is 0.131 e. The summed E-state index contributed by atoms with van der Waals surface area (Å²) in [7, 11) is 0. The molecule has 1 aromatic rings. The van der Waals surface area contributed by atoms with E-state index in [1.807, 2.05) is 18.2 Å². The molecular formula is C12H12O2. The third kappa shape index (κ3) is 2.16. The zero-order chi connectivity index (χ0) is 9.80. The van der Waals surface area contributed by atoms with E-state index >= 15 is 0 Å². The number of aromatic hydroxyl groups is 1. The lowest BCUT2D eigenvalue weighted by atomic mass is 10.2. The Labute approximate surface area is 83.1 Å². The number of rotatable bonds is 2. The molecule has 72 valence electrons. The summed E-state index contributed by atoms with van der Waals surface area (Å²) < 4.78 is 5.55. The molecule has 1 aliphatic rings. The van der Waals surface area contributed by atoms with Gasteiger partial charge in [0, 0.05) is 6.07 Å². The van der Waals surface area contributed by atoms with Crippen LogP contribution in [0.15, 0.2) is 48.3 Å². The molecule has 0 unspecified atom stereocenters. The van der Waals surface area contributed by atoms with E-state index in [1.54, 1.807) is 18.2 Å². The molecule has 1 N–H and O–H groups in total. The standard InChI is InChI=1S/C12H12O2/c13-10-5-4-8-12(9-10)14-11-6-2-1-3-7-11/h2,4-9,13H,1,3H2. The minimum Gasteiger partial charge on any atom is -0.508 e. The van der Waals surface area contributed by atoms with E-state index in [1.165, 1.54) is 0 Å². The fourth-order valence-electron chi connectivity index (χ4n) is 1.35. The SMILES string of the molecule is Oc1cccc(OC2=CCCC=C2)c1. The monoisotopic (exact) mass is 188 g/mol. The zero-order valence-corrected chi connectivity index (χ0v) is 7.81. The number of allylic oxidation sites excluding steroid dienone is 3. The van der Waals surface area contributed by atoms with Crippen LogP contribution in [0.5, 0.6) is 11.5 Å². The lowest BCUT2D eigenvalue weighted by Crippen LogP contribution is -1.94. The highest BCUT2D eigenvalue weighted by molar-refractivity contribution is 5.34. The van der Waals surface area contributed by atoms with Gasteiger partial charge in [-0.05, 0) is 37.1 Å². The highest BCUT2D eigenvalue weighted by Gasteiger charge is 2.00. The first-order chi connectivity index (χ1) is 6.84. The van der Waals surface area contributed by atoms with Gasteiger partial charge in [-0.2, -0.15) is 0 Å². The van der Waals surface area contributed by atoms with Crippen LogP contribution in [0.3, 0.4) is 0 Å². The molecule has 0 fully saturated rings. The summed E-state index contributed by atoms with van der Waals surface area (Å²) in [4.78, 5) is 0. The van der Waals surface area contributed by atoms with Gasteiger partial charge in [0.2, 0.25) is 0 Å². The third-order valence-electron chi connectivity index (χ3n) is 2.01. The van der Waals surface area contributed by atoms with Gasteiger partial charge in [-0.15, -0.1) is 0 Å². The maximum absolute atomic E-state index is 9.23. The van der Waals surface area contributed by atoms with Crippen LogP contribution in [-0.4, -0.2) is 5.11 Å². The first kappa shape index (κ1) is 8.88. The van der Waals surface area contributed by atoms with E-state index in [0.717, 1.165) is 18.6 Å². The van der Waals surface area contributed by atoms with E-state index < -0.39 is 0 Å². The molecule has 1 aliphatic carbocycles. The molecule has 2 nitrogen and oxygen atoms in total. The van der Waals surface area contributed by atoms with Gasteiger partial charge in [0.25, 0.3) is 0 Å². The number of benzene rings is 1. The lowest BCUT2D eigenvalue weighted by molar-refractivity contribution is 0.428.